The van der Waals surface area contributed by atoms with E-state index in [4.69, 9.17) is 0 Å². The predicted molar refractivity (Wildman–Crippen MR) is 295 cm³/mol. The molecule has 0 amide bonds. The zero-order valence-corrected chi connectivity index (χ0v) is 50.3. The molecule has 0 bridgehead atoms. The number of hydrogen-bond acceptors (Lipinski definition) is 6. The van der Waals surface area contributed by atoms with Gasteiger partial charge in [-0.05, 0) is 95.2 Å². The fourth-order valence-electron chi connectivity index (χ4n) is 10.1. The molecule has 0 spiro atoms. The molecule has 0 atom stereocenters. The summed E-state index contributed by atoms with van der Waals surface area (Å²) in [6.45, 7) is 8.95. The van der Waals surface area contributed by atoms with Crippen molar-refractivity contribution in [3.8, 4) is 0 Å². The molecule has 0 aliphatic rings. The van der Waals surface area contributed by atoms with Gasteiger partial charge in [0.1, 0.15) is 20.2 Å². The molecule has 9 heteroatoms. The molecular formula is C60H94BaO6S2. The predicted octanol–water partition coefficient (Wildman–Crippen LogP) is 17.8. The first-order valence-corrected chi connectivity index (χ1v) is 30.8. The van der Waals surface area contributed by atoms with E-state index in [1.807, 2.05) is 60.7 Å². The maximum absolute atomic E-state index is 12.3. The molecule has 4 aromatic rings. The fraction of sp³-hybridized carbons (Fsp3) is 0.667. The Morgan fingerprint density at radius 2 is 0.507 bits per heavy atom. The molecule has 384 valence electrons. The first-order chi connectivity index (χ1) is 33.0. The van der Waals surface area contributed by atoms with Gasteiger partial charge in [0, 0.05) is 0 Å². The zero-order chi connectivity index (χ0) is 49.3. The molecule has 0 heterocycles. The number of hydrogen-bond donors (Lipinski definition) is 0. The van der Waals surface area contributed by atoms with Crippen LogP contribution in [0.25, 0.3) is 21.5 Å². The number of fused-ring (bicyclic) bond motifs is 2. The Morgan fingerprint density at radius 3 is 0.739 bits per heavy atom. The maximum Gasteiger partial charge on any atom is 2.00 e. The molecule has 0 fully saturated rings. The average Bonchev–Trinajstić information content (AvgIpc) is 3.31. The molecule has 0 unspecified atom stereocenters. The third-order valence-electron chi connectivity index (χ3n) is 14.0. The van der Waals surface area contributed by atoms with Crippen LogP contribution >= 0.6 is 0 Å². The van der Waals surface area contributed by atoms with Crippen LogP contribution in [0.3, 0.4) is 0 Å². The van der Waals surface area contributed by atoms with Crippen LogP contribution in [0.15, 0.2) is 70.5 Å². The normalized spacial score (nSPS) is 11.8. The van der Waals surface area contributed by atoms with E-state index in [-0.39, 0.29) is 58.7 Å². The molecule has 0 aliphatic carbocycles. The summed E-state index contributed by atoms with van der Waals surface area (Å²) in [4.78, 5) is 0.0384. The van der Waals surface area contributed by atoms with Crippen molar-refractivity contribution in [1.29, 1.82) is 0 Å². The minimum atomic E-state index is -4.52. The minimum absolute atomic E-state index is 0. The molecule has 0 aromatic heterocycles. The van der Waals surface area contributed by atoms with Crippen molar-refractivity contribution in [2.75, 3.05) is 0 Å². The van der Waals surface area contributed by atoms with Crippen LogP contribution in [0.1, 0.15) is 255 Å². The fourth-order valence-corrected chi connectivity index (χ4v) is 12.0. The summed E-state index contributed by atoms with van der Waals surface area (Å²) in [7, 11) is -9.05. The van der Waals surface area contributed by atoms with E-state index in [1.165, 1.54) is 178 Å². The summed E-state index contributed by atoms with van der Waals surface area (Å²) in [6, 6.07) is 19.2. The van der Waals surface area contributed by atoms with Gasteiger partial charge in [0.2, 0.25) is 0 Å². The first kappa shape index (κ1) is 63.9. The van der Waals surface area contributed by atoms with E-state index in [1.54, 1.807) is 0 Å². The maximum atomic E-state index is 12.3. The second-order valence-electron chi connectivity index (χ2n) is 19.9. The van der Waals surface area contributed by atoms with E-state index in [9.17, 15) is 25.9 Å². The quantitative estimate of drug-likeness (QED) is 0.0251. The van der Waals surface area contributed by atoms with Gasteiger partial charge in [-0.15, -0.1) is 0 Å². The summed E-state index contributed by atoms with van der Waals surface area (Å²) >= 11 is 0. The van der Waals surface area contributed by atoms with Crippen molar-refractivity contribution < 1.29 is 25.9 Å². The molecule has 0 radical (unpaired) electrons. The SMILES string of the molecule is CCCCCCCCCCc1cc(CCCCCCCCCC)c2ccccc2c1S(=O)(=O)[O-].CCCCCCCCCCc1cc(CCCCCCCCCC)c2ccccc2c1S(=O)(=O)[O-].[Ba+2]. The Bertz CT molecular complexity index is 2030. The Hall–Kier alpha value is -1.21. The first-order valence-electron chi connectivity index (χ1n) is 28.0. The van der Waals surface area contributed by atoms with Crippen LogP contribution < -0.4 is 0 Å². The molecule has 4 aromatic carbocycles. The summed E-state index contributed by atoms with van der Waals surface area (Å²) in [5.74, 6) is 0. The van der Waals surface area contributed by atoms with Gasteiger partial charge >= 0.3 is 48.9 Å². The van der Waals surface area contributed by atoms with Crippen molar-refractivity contribution in [3.05, 3.63) is 82.9 Å². The standard InChI is InChI=1S/2C30H48O3S.Ba/c2*1-3-5-7-9-11-13-15-17-21-26-25-27(22-18-16-14-12-10-8-6-4-2)30(34(31,32)33)29-24-20-19-23-28(26)29;/h2*19-20,23-25H,3-18,21-22H2,1-2H3,(H,31,32,33);/q;;+2/p-2. The van der Waals surface area contributed by atoms with E-state index < -0.39 is 20.2 Å². The molecule has 6 nitrogen and oxygen atoms in total. The van der Waals surface area contributed by atoms with Crippen LogP contribution in [-0.2, 0) is 45.9 Å². The van der Waals surface area contributed by atoms with Crippen molar-refractivity contribution in [2.24, 2.45) is 0 Å². The molecule has 4 rings (SSSR count). The van der Waals surface area contributed by atoms with Gasteiger partial charge in [0.15, 0.2) is 0 Å². The number of unbranched alkanes of at least 4 members (excludes halogenated alkanes) is 28. The smallest absolute Gasteiger partial charge is 0.744 e. The summed E-state index contributed by atoms with van der Waals surface area (Å²) in [5.41, 5.74) is 3.86. The van der Waals surface area contributed by atoms with Gasteiger partial charge in [0.25, 0.3) is 0 Å². The molecule has 0 N–H and O–H groups in total. The van der Waals surface area contributed by atoms with Crippen LogP contribution in [0.5, 0.6) is 0 Å². The van der Waals surface area contributed by atoms with Gasteiger partial charge in [-0.1, -0.05) is 268 Å². The molecule has 69 heavy (non-hydrogen) atoms. The second-order valence-corrected chi connectivity index (χ2v) is 22.6. The molecule has 0 aliphatic heterocycles. The van der Waals surface area contributed by atoms with E-state index in [0.29, 0.717) is 23.6 Å². The van der Waals surface area contributed by atoms with E-state index in [2.05, 4.69) is 27.7 Å². The van der Waals surface area contributed by atoms with Crippen molar-refractivity contribution >= 4 is 90.7 Å². The zero-order valence-electron chi connectivity index (χ0n) is 44.2. The largest absolute Gasteiger partial charge is 2.00 e. The Morgan fingerprint density at radius 1 is 0.304 bits per heavy atom. The number of rotatable bonds is 38. The molecule has 0 saturated carbocycles. The number of aryl methyl sites for hydroxylation is 4. The van der Waals surface area contributed by atoms with Gasteiger partial charge in [-0.3, -0.25) is 0 Å². The van der Waals surface area contributed by atoms with Crippen LogP contribution in [0.4, 0.5) is 0 Å². The Labute approximate surface area is 463 Å². The van der Waals surface area contributed by atoms with Gasteiger partial charge in [-0.2, -0.15) is 0 Å². The van der Waals surface area contributed by atoms with Crippen molar-refractivity contribution in [1.82, 2.24) is 0 Å². The van der Waals surface area contributed by atoms with Crippen molar-refractivity contribution in [3.63, 3.8) is 0 Å². The second kappa shape index (κ2) is 38.4. The van der Waals surface area contributed by atoms with Crippen LogP contribution in [-0.4, -0.2) is 74.8 Å². The minimum Gasteiger partial charge on any atom is -0.744 e. The molecule has 0 saturated heterocycles. The van der Waals surface area contributed by atoms with Crippen LogP contribution in [0, 0.1) is 0 Å². The van der Waals surface area contributed by atoms with E-state index >= 15 is 0 Å². The third-order valence-corrected chi connectivity index (χ3v) is 16.0. The number of benzene rings is 4. The Balaban J connectivity index is 0.000000467. The topological polar surface area (TPSA) is 114 Å². The van der Waals surface area contributed by atoms with Crippen molar-refractivity contribution in [2.45, 2.75) is 269 Å². The van der Waals surface area contributed by atoms with Gasteiger partial charge in [0.05, 0.1) is 9.79 Å². The Kier molecular flexibility index (Phi) is 35.5. The van der Waals surface area contributed by atoms with E-state index in [0.717, 1.165) is 73.3 Å². The molecular weight excluding hydrogens is 1020 g/mol. The van der Waals surface area contributed by atoms with Crippen LogP contribution in [0.2, 0.25) is 0 Å². The van der Waals surface area contributed by atoms with Gasteiger partial charge in [-0.25, -0.2) is 16.8 Å². The average molecular weight is 1110 g/mol. The third kappa shape index (κ3) is 25.5. The van der Waals surface area contributed by atoms with Gasteiger partial charge < -0.3 is 9.11 Å². The summed E-state index contributed by atoms with van der Waals surface area (Å²) in [6.07, 6.45) is 42.8. The monoisotopic (exact) mass is 1110 g/mol. The summed E-state index contributed by atoms with van der Waals surface area (Å²) in [5, 5.41) is 3.09. The summed E-state index contributed by atoms with van der Waals surface area (Å²) < 4.78 is 73.6.